The molecule has 0 aromatic carbocycles. The quantitative estimate of drug-likeness (QED) is 0.772. The average molecular weight is 291 g/mol. The highest BCUT2D eigenvalue weighted by Gasteiger charge is 2.55. The van der Waals surface area contributed by atoms with Crippen LogP contribution in [0.4, 0.5) is 10.8 Å². The van der Waals surface area contributed by atoms with E-state index in [0.29, 0.717) is 18.4 Å². The molecular formula is C14H19N4O3+. The zero-order chi connectivity index (χ0) is 15.5. The standard InChI is InChI=1S/C14H19N4O3/c1-7(2)6-17-12(19)10-11(16(5)14(17)20)15-13-18(10)8(3)9(4)21-13/h7,10H,6H2,1-5H3/q+1. The van der Waals surface area contributed by atoms with E-state index >= 15 is 0 Å². The Kier molecular flexibility index (Phi) is 2.89. The first-order chi connectivity index (χ1) is 9.82. The van der Waals surface area contributed by atoms with Crippen LogP contribution < -0.4 is 4.57 Å². The normalized spacial score (nSPS) is 21.0. The molecule has 1 unspecified atom stereocenters. The highest BCUT2D eigenvalue weighted by molar-refractivity contribution is 6.18. The molecule has 2 aliphatic rings. The van der Waals surface area contributed by atoms with Gasteiger partial charge in [0.1, 0.15) is 5.69 Å². The number of carbonyl (C=O) groups is 2. The first-order valence-corrected chi connectivity index (χ1v) is 7.02. The van der Waals surface area contributed by atoms with Crippen molar-refractivity contribution in [1.29, 1.82) is 0 Å². The molecule has 0 bridgehead atoms. The molecule has 21 heavy (non-hydrogen) atoms. The van der Waals surface area contributed by atoms with Gasteiger partial charge in [0, 0.05) is 25.5 Å². The molecule has 7 nitrogen and oxygen atoms in total. The molecule has 1 aromatic rings. The van der Waals surface area contributed by atoms with Gasteiger partial charge >= 0.3 is 12.0 Å². The Balaban J connectivity index is 2.08. The summed E-state index contributed by atoms with van der Waals surface area (Å²) in [5, 5.41) is 0. The number of oxazole rings is 1. The number of carbonyl (C=O) groups excluding carboxylic acids is 2. The molecular weight excluding hydrogens is 272 g/mol. The van der Waals surface area contributed by atoms with Crippen LogP contribution in [-0.2, 0) is 4.79 Å². The molecule has 1 fully saturated rings. The molecule has 0 spiro atoms. The summed E-state index contributed by atoms with van der Waals surface area (Å²) in [5.41, 5.74) is 0.856. The Morgan fingerprint density at radius 2 is 2.00 bits per heavy atom. The molecule has 0 aliphatic carbocycles. The number of aliphatic imine (C=N–C) groups is 1. The Morgan fingerprint density at radius 3 is 2.62 bits per heavy atom. The van der Waals surface area contributed by atoms with Crippen molar-refractivity contribution in [2.75, 3.05) is 13.6 Å². The van der Waals surface area contributed by atoms with Gasteiger partial charge in [-0.05, 0) is 12.8 Å². The number of nitrogens with zero attached hydrogens (tertiary/aromatic N) is 4. The second-order valence-corrected chi connectivity index (χ2v) is 5.95. The number of aromatic nitrogens is 1. The summed E-state index contributed by atoms with van der Waals surface area (Å²) in [5.74, 6) is 1.14. The number of amidine groups is 1. The molecule has 3 heterocycles. The van der Waals surface area contributed by atoms with Crippen molar-refractivity contribution < 1.29 is 18.6 Å². The monoisotopic (exact) mass is 291 g/mol. The molecule has 0 N–H and O–H groups in total. The van der Waals surface area contributed by atoms with Crippen molar-refractivity contribution >= 4 is 23.8 Å². The number of fused-ring (bicyclic) bond motifs is 3. The van der Waals surface area contributed by atoms with Crippen molar-refractivity contribution in [3.05, 3.63) is 11.5 Å². The zero-order valence-electron chi connectivity index (χ0n) is 12.9. The number of hydrogen-bond donors (Lipinski definition) is 0. The fourth-order valence-electron chi connectivity index (χ4n) is 2.76. The summed E-state index contributed by atoms with van der Waals surface area (Å²) in [7, 11) is 1.64. The highest BCUT2D eigenvalue weighted by atomic mass is 16.4. The molecule has 1 saturated heterocycles. The van der Waals surface area contributed by atoms with Crippen molar-refractivity contribution in [2.24, 2.45) is 10.9 Å². The van der Waals surface area contributed by atoms with Crippen LogP contribution >= 0.6 is 0 Å². The van der Waals surface area contributed by atoms with Gasteiger partial charge in [-0.3, -0.25) is 14.6 Å². The molecule has 0 radical (unpaired) electrons. The van der Waals surface area contributed by atoms with Crippen LogP contribution in [0.3, 0.4) is 0 Å². The van der Waals surface area contributed by atoms with Crippen molar-refractivity contribution in [3.8, 4) is 0 Å². The van der Waals surface area contributed by atoms with Crippen molar-refractivity contribution in [3.63, 3.8) is 0 Å². The van der Waals surface area contributed by atoms with Crippen LogP contribution in [0.5, 0.6) is 0 Å². The van der Waals surface area contributed by atoms with Gasteiger partial charge in [0.2, 0.25) is 0 Å². The van der Waals surface area contributed by atoms with Crippen LogP contribution in [-0.4, -0.2) is 41.2 Å². The van der Waals surface area contributed by atoms with Gasteiger partial charge in [-0.2, -0.15) is 4.57 Å². The molecule has 1 aromatic heterocycles. The van der Waals surface area contributed by atoms with E-state index in [0.717, 1.165) is 11.5 Å². The third-order valence-corrected chi connectivity index (χ3v) is 3.94. The molecule has 3 amide bonds. The lowest BCUT2D eigenvalue weighted by Crippen LogP contribution is -2.63. The summed E-state index contributed by atoms with van der Waals surface area (Å²) in [6.45, 7) is 8.08. The van der Waals surface area contributed by atoms with E-state index in [2.05, 4.69) is 4.99 Å². The Bertz CT molecular complexity index is 674. The molecule has 3 rings (SSSR count). The Hall–Kier alpha value is -2.18. The maximum atomic E-state index is 12.8. The van der Waals surface area contributed by atoms with Gasteiger partial charge in [0.15, 0.2) is 5.76 Å². The van der Waals surface area contributed by atoms with Crippen LogP contribution in [0.15, 0.2) is 9.41 Å². The van der Waals surface area contributed by atoms with E-state index in [4.69, 9.17) is 4.42 Å². The highest BCUT2D eigenvalue weighted by Crippen LogP contribution is 2.30. The topological polar surface area (TPSA) is 70.0 Å². The molecule has 1 atom stereocenters. The molecule has 7 heteroatoms. The van der Waals surface area contributed by atoms with E-state index in [1.165, 1.54) is 9.80 Å². The smallest absolute Gasteiger partial charge is 0.389 e. The Labute approximate surface area is 122 Å². The molecule has 112 valence electrons. The summed E-state index contributed by atoms with van der Waals surface area (Å²) < 4.78 is 7.33. The van der Waals surface area contributed by atoms with Crippen molar-refractivity contribution in [1.82, 2.24) is 9.80 Å². The van der Waals surface area contributed by atoms with Gasteiger partial charge in [0.25, 0.3) is 17.8 Å². The molecule has 2 aliphatic heterocycles. The van der Waals surface area contributed by atoms with Gasteiger partial charge in [0.05, 0.1) is 0 Å². The van der Waals surface area contributed by atoms with E-state index in [9.17, 15) is 9.59 Å². The van der Waals surface area contributed by atoms with Crippen LogP contribution in [0.2, 0.25) is 0 Å². The van der Waals surface area contributed by atoms with E-state index in [1.54, 1.807) is 11.6 Å². The van der Waals surface area contributed by atoms with Gasteiger partial charge in [-0.1, -0.05) is 13.8 Å². The van der Waals surface area contributed by atoms with Crippen molar-refractivity contribution in [2.45, 2.75) is 33.7 Å². The summed E-state index contributed by atoms with van der Waals surface area (Å²) >= 11 is 0. The van der Waals surface area contributed by atoms with E-state index < -0.39 is 6.04 Å². The number of aryl methyl sites for hydroxylation is 1. The van der Waals surface area contributed by atoms with E-state index in [-0.39, 0.29) is 17.9 Å². The average Bonchev–Trinajstić information content (AvgIpc) is 2.90. The molecule has 0 saturated carbocycles. The minimum absolute atomic E-state index is 0.211. The third kappa shape index (κ3) is 1.80. The SMILES string of the molecule is Cc1oc2[n+](c1C)C1C(=O)N(CC(C)C)C(=O)N(C)C1=N2. The maximum absolute atomic E-state index is 12.8. The largest absolute Gasteiger partial charge is 0.507 e. The van der Waals surface area contributed by atoms with Crippen LogP contribution in [0.25, 0.3) is 0 Å². The minimum atomic E-state index is -0.598. The zero-order valence-corrected chi connectivity index (χ0v) is 12.9. The number of amides is 3. The minimum Gasteiger partial charge on any atom is -0.389 e. The summed E-state index contributed by atoms with van der Waals surface area (Å²) in [6, 6.07) is -0.549. The second kappa shape index (κ2) is 4.41. The lowest BCUT2D eigenvalue weighted by molar-refractivity contribution is -0.685. The number of hydrogen-bond acceptors (Lipinski definition) is 4. The van der Waals surface area contributed by atoms with E-state index in [1.807, 2.05) is 27.7 Å². The number of urea groups is 1. The maximum Gasteiger partial charge on any atom is 0.507 e. The summed E-state index contributed by atoms with van der Waals surface area (Å²) in [6.07, 6.45) is 0. The van der Waals surface area contributed by atoms with Gasteiger partial charge in [-0.15, -0.1) is 0 Å². The lowest BCUT2D eigenvalue weighted by atomic mass is 10.1. The van der Waals surface area contributed by atoms with Crippen LogP contribution in [0, 0.1) is 19.8 Å². The number of imide groups is 1. The Morgan fingerprint density at radius 1 is 1.33 bits per heavy atom. The first-order valence-electron chi connectivity index (χ1n) is 7.02. The fraction of sp³-hybridized carbons (Fsp3) is 0.571. The lowest BCUT2D eigenvalue weighted by Gasteiger charge is -2.33. The number of rotatable bonds is 2. The predicted molar refractivity (Wildman–Crippen MR) is 74.2 cm³/mol. The van der Waals surface area contributed by atoms with Crippen LogP contribution in [0.1, 0.15) is 31.3 Å². The first kappa shape index (κ1) is 13.8. The number of likely N-dealkylation sites (N-methyl/N-ethyl adjacent to an activating group) is 1. The summed E-state index contributed by atoms with van der Waals surface area (Å²) in [4.78, 5) is 32.2. The van der Waals surface area contributed by atoms with Gasteiger partial charge < -0.3 is 4.42 Å². The fourth-order valence-corrected chi connectivity index (χ4v) is 2.76. The van der Waals surface area contributed by atoms with Gasteiger partial charge in [-0.25, -0.2) is 4.79 Å². The second-order valence-electron chi connectivity index (χ2n) is 5.95. The third-order valence-electron chi connectivity index (χ3n) is 3.94. The predicted octanol–water partition coefficient (Wildman–Crippen LogP) is 1.32.